The quantitative estimate of drug-likeness (QED) is 0.730. The molecule has 1 aliphatic heterocycles. The van der Waals surface area contributed by atoms with E-state index in [4.69, 9.17) is 0 Å². The van der Waals surface area contributed by atoms with E-state index in [0.717, 1.165) is 5.56 Å². The van der Waals surface area contributed by atoms with E-state index in [2.05, 4.69) is 0 Å². The lowest BCUT2D eigenvalue weighted by molar-refractivity contribution is -0.132. The topological polar surface area (TPSA) is 40.6 Å². The van der Waals surface area contributed by atoms with Crippen molar-refractivity contribution >= 4 is 11.9 Å². The normalized spacial score (nSPS) is 24.6. The lowest BCUT2D eigenvalue weighted by Gasteiger charge is -2.32. The zero-order valence-corrected chi connectivity index (χ0v) is 10.3. The molecule has 90 valence electrons. The lowest BCUT2D eigenvalue weighted by atomic mass is 9.86. The van der Waals surface area contributed by atoms with Gasteiger partial charge in [-0.2, -0.15) is 0 Å². The Kier molecular flexibility index (Phi) is 2.65. The highest BCUT2D eigenvalue weighted by Crippen LogP contribution is 2.38. The smallest absolute Gasteiger partial charge is 0.308 e. The number of imide groups is 1. The molecule has 1 fully saturated rings. The van der Waals surface area contributed by atoms with Crippen LogP contribution in [0.3, 0.4) is 0 Å². The zero-order chi connectivity index (χ0) is 12.6. The second-order valence-electron chi connectivity index (χ2n) is 4.29. The van der Waals surface area contributed by atoms with E-state index in [9.17, 15) is 9.59 Å². The van der Waals surface area contributed by atoms with E-state index in [1.807, 2.05) is 37.3 Å². The van der Waals surface area contributed by atoms with Gasteiger partial charge in [-0.15, -0.1) is 0 Å². The summed E-state index contributed by atoms with van der Waals surface area (Å²) < 4.78 is 0. The Balaban J connectivity index is 2.59. The van der Waals surface area contributed by atoms with E-state index in [1.165, 1.54) is 16.8 Å². The fourth-order valence-electron chi connectivity index (χ4n) is 2.52. The van der Waals surface area contributed by atoms with Crippen LogP contribution >= 0.6 is 0 Å². The molecule has 0 aromatic heterocycles. The fourth-order valence-corrected chi connectivity index (χ4v) is 2.52. The van der Waals surface area contributed by atoms with Gasteiger partial charge in [-0.1, -0.05) is 37.3 Å². The van der Waals surface area contributed by atoms with Crippen molar-refractivity contribution < 1.29 is 9.59 Å². The van der Waals surface area contributed by atoms with Crippen LogP contribution in [0, 0.1) is 0 Å². The molecule has 0 saturated carbocycles. The van der Waals surface area contributed by atoms with Crippen LogP contribution in [0.15, 0.2) is 30.3 Å². The molecule has 0 unspecified atom stereocenters. The van der Waals surface area contributed by atoms with Gasteiger partial charge in [0.05, 0.1) is 0 Å². The van der Waals surface area contributed by atoms with Crippen molar-refractivity contribution in [2.75, 3.05) is 14.1 Å². The van der Waals surface area contributed by atoms with Crippen molar-refractivity contribution in [1.82, 2.24) is 9.80 Å². The van der Waals surface area contributed by atoms with Crippen molar-refractivity contribution in [2.24, 2.45) is 0 Å². The van der Waals surface area contributed by atoms with E-state index in [-0.39, 0.29) is 11.9 Å². The second kappa shape index (κ2) is 3.87. The molecule has 2 rings (SSSR count). The fraction of sp³-hybridized carbons (Fsp3) is 0.385. The molecule has 4 heteroatoms. The molecule has 0 bridgehead atoms. The Morgan fingerprint density at radius 3 is 2.12 bits per heavy atom. The lowest BCUT2D eigenvalue weighted by Crippen LogP contribution is -2.44. The molecule has 1 aromatic carbocycles. The summed E-state index contributed by atoms with van der Waals surface area (Å²) >= 11 is 0. The Morgan fingerprint density at radius 2 is 1.71 bits per heavy atom. The van der Waals surface area contributed by atoms with Gasteiger partial charge in [0.25, 0.3) is 5.91 Å². The summed E-state index contributed by atoms with van der Waals surface area (Å²) in [4.78, 5) is 27.0. The summed E-state index contributed by atoms with van der Waals surface area (Å²) in [7, 11) is 3.21. The number of rotatable bonds is 2. The molecule has 1 heterocycles. The van der Waals surface area contributed by atoms with Gasteiger partial charge in [-0.25, -0.2) is 4.79 Å². The van der Waals surface area contributed by atoms with Gasteiger partial charge < -0.3 is 4.90 Å². The Bertz CT molecular complexity index is 458. The number of amides is 3. The Hall–Kier alpha value is -1.84. The van der Waals surface area contributed by atoms with Crippen molar-refractivity contribution in [3.05, 3.63) is 35.9 Å². The Morgan fingerprint density at radius 1 is 1.12 bits per heavy atom. The Labute approximate surface area is 101 Å². The predicted octanol–water partition coefficient (Wildman–Crippen LogP) is 1.82. The summed E-state index contributed by atoms with van der Waals surface area (Å²) in [6.45, 7) is 1.92. The van der Waals surface area contributed by atoms with E-state index in [1.54, 1.807) is 7.05 Å². The second-order valence-corrected chi connectivity index (χ2v) is 4.29. The van der Waals surface area contributed by atoms with Crippen LogP contribution in [-0.2, 0) is 10.3 Å². The molecular weight excluding hydrogens is 216 g/mol. The molecule has 3 amide bonds. The summed E-state index contributed by atoms with van der Waals surface area (Å²) in [5.74, 6) is -0.154. The molecule has 1 aliphatic rings. The first-order valence-corrected chi connectivity index (χ1v) is 5.67. The number of hydrogen-bond donors (Lipinski definition) is 0. The van der Waals surface area contributed by atoms with Crippen molar-refractivity contribution in [2.45, 2.75) is 18.9 Å². The number of likely N-dealkylation sites (N-methyl/N-ethyl adjacent to an activating group) is 2. The molecule has 0 spiro atoms. The van der Waals surface area contributed by atoms with Crippen molar-refractivity contribution in [1.29, 1.82) is 0 Å². The average molecular weight is 232 g/mol. The van der Waals surface area contributed by atoms with E-state index >= 15 is 0 Å². The van der Waals surface area contributed by atoms with Crippen LogP contribution in [0.25, 0.3) is 0 Å². The number of carbonyl (C=O) groups excluding carboxylic acids is 2. The molecule has 0 radical (unpaired) electrons. The van der Waals surface area contributed by atoms with Crippen molar-refractivity contribution in [3.8, 4) is 0 Å². The number of benzene rings is 1. The highest BCUT2D eigenvalue weighted by molar-refractivity contribution is 6.07. The maximum atomic E-state index is 12.3. The van der Waals surface area contributed by atoms with Crippen LogP contribution in [0.4, 0.5) is 4.79 Å². The number of hydrogen-bond acceptors (Lipinski definition) is 2. The summed E-state index contributed by atoms with van der Waals surface area (Å²) in [5.41, 5.74) is 0.0281. The first-order valence-electron chi connectivity index (χ1n) is 5.67. The highest BCUT2D eigenvalue weighted by atomic mass is 16.2. The van der Waals surface area contributed by atoms with Crippen LogP contribution in [0.5, 0.6) is 0 Å². The average Bonchev–Trinajstić information content (AvgIpc) is 2.54. The van der Waals surface area contributed by atoms with E-state index in [0.29, 0.717) is 6.42 Å². The van der Waals surface area contributed by atoms with Gasteiger partial charge >= 0.3 is 6.03 Å². The van der Waals surface area contributed by atoms with Gasteiger partial charge in [-0.3, -0.25) is 9.69 Å². The van der Waals surface area contributed by atoms with Crippen LogP contribution in [-0.4, -0.2) is 35.8 Å². The molecular formula is C13H16N2O2. The summed E-state index contributed by atoms with van der Waals surface area (Å²) in [5, 5.41) is 0. The SMILES string of the molecule is CC[C@]1(c2ccccc2)C(=O)N(C)C(=O)N1C. The standard InChI is InChI=1S/C13H16N2O2/c1-4-13(10-8-6-5-7-9-10)11(16)14(2)12(17)15(13)3/h5-9H,4H2,1-3H3/t13-/m0/s1. The third kappa shape index (κ3) is 1.37. The van der Waals surface area contributed by atoms with Gasteiger partial charge in [0.15, 0.2) is 0 Å². The minimum atomic E-state index is -0.840. The van der Waals surface area contributed by atoms with Gasteiger partial charge in [-0.05, 0) is 12.0 Å². The summed E-state index contributed by atoms with van der Waals surface area (Å²) in [6, 6.07) is 9.21. The molecule has 4 nitrogen and oxygen atoms in total. The maximum Gasteiger partial charge on any atom is 0.327 e. The van der Waals surface area contributed by atoms with Crippen LogP contribution in [0.1, 0.15) is 18.9 Å². The molecule has 0 N–H and O–H groups in total. The first kappa shape index (κ1) is 11.6. The minimum absolute atomic E-state index is 0.154. The number of carbonyl (C=O) groups is 2. The zero-order valence-electron chi connectivity index (χ0n) is 10.3. The van der Waals surface area contributed by atoms with E-state index < -0.39 is 5.54 Å². The number of urea groups is 1. The summed E-state index contributed by atoms with van der Waals surface area (Å²) in [6.07, 6.45) is 0.572. The monoisotopic (exact) mass is 232 g/mol. The van der Waals surface area contributed by atoms with Crippen LogP contribution < -0.4 is 0 Å². The third-order valence-corrected chi connectivity index (χ3v) is 3.57. The predicted molar refractivity (Wildman–Crippen MR) is 64.3 cm³/mol. The van der Waals surface area contributed by atoms with Crippen molar-refractivity contribution in [3.63, 3.8) is 0 Å². The largest absolute Gasteiger partial charge is 0.327 e. The molecule has 1 saturated heterocycles. The highest BCUT2D eigenvalue weighted by Gasteiger charge is 2.54. The maximum absolute atomic E-state index is 12.3. The molecule has 0 aliphatic carbocycles. The first-order chi connectivity index (χ1) is 8.05. The number of nitrogens with zero attached hydrogens (tertiary/aromatic N) is 2. The van der Waals surface area contributed by atoms with Crippen LogP contribution in [0.2, 0.25) is 0 Å². The van der Waals surface area contributed by atoms with Gasteiger partial charge in [0.1, 0.15) is 5.54 Å². The molecule has 1 aromatic rings. The van der Waals surface area contributed by atoms with Gasteiger partial charge in [0.2, 0.25) is 0 Å². The minimum Gasteiger partial charge on any atom is -0.308 e. The molecule has 17 heavy (non-hydrogen) atoms. The molecule has 1 atom stereocenters. The van der Waals surface area contributed by atoms with Gasteiger partial charge in [0, 0.05) is 14.1 Å². The third-order valence-electron chi connectivity index (χ3n) is 3.57.